The Morgan fingerprint density at radius 2 is 2.00 bits per heavy atom. The fraction of sp³-hybridized carbons (Fsp3) is 0.364. The van der Waals surface area contributed by atoms with Gasteiger partial charge in [0.15, 0.2) is 0 Å². The molecule has 106 valence electrons. The molecule has 2 N–H and O–H groups in total. The summed E-state index contributed by atoms with van der Waals surface area (Å²) in [6, 6.07) is 3.62. The van der Waals surface area contributed by atoms with E-state index in [1.165, 1.54) is 12.1 Å². The van der Waals surface area contributed by atoms with E-state index in [9.17, 15) is 22.4 Å². The second kappa shape index (κ2) is 5.46. The Labute approximate surface area is 114 Å². The van der Waals surface area contributed by atoms with Crippen LogP contribution in [0.2, 0.25) is 0 Å². The highest BCUT2D eigenvalue weighted by atomic mass is 79.9. The first kappa shape index (κ1) is 15.9. The number of benzene rings is 1. The van der Waals surface area contributed by atoms with E-state index in [1.807, 2.05) is 5.32 Å². The zero-order valence-corrected chi connectivity index (χ0v) is 11.3. The number of alkyl halides is 3. The molecule has 1 rings (SSSR count). The van der Waals surface area contributed by atoms with Crippen LogP contribution in [-0.2, 0) is 11.3 Å². The van der Waals surface area contributed by atoms with Gasteiger partial charge in [0.2, 0.25) is 5.54 Å². The third kappa shape index (κ3) is 3.44. The van der Waals surface area contributed by atoms with Crippen LogP contribution in [0.4, 0.5) is 17.6 Å². The fourth-order valence-electron chi connectivity index (χ4n) is 1.23. The molecular weight excluding hydrogens is 334 g/mol. The number of nitrogens with one attached hydrogen (secondary N) is 1. The number of halogens is 5. The first-order valence-electron chi connectivity index (χ1n) is 5.07. The maximum atomic E-state index is 12.9. The third-order valence-electron chi connectivity index (χ3n) is 2.62. The SMILES string of the molecule is CC(NCc1ccc(F)c(Br)c1)(C(=O)O)C(F)(F)F. The molecule has 1 atom stereocenters. The predicted molar refractivity (Wildman–Crippen MR) is 63.0 cm³/mol. The van der Waals surface area contributed by atoms with Gasteiger partial charge in [-0.05, 0) is 40.5 Å². The molecule has 1 unspecified atom stereocenters. The highest BCUT2D eigenvalue weighted by Gasteiger charge is 2.57. The molecule has 0 bridgehead atoms. The van der Waals surface area contributed by atoms with Crippen LogP contribution >= 0.6 is 15.9 Å². The monoisotopic (exact) mass is 343 g/mol. The van der Waals surface area contributed by atoms with Gasteiger partial charge in [0.1, 0.15) is 5.82 Å². The van der Waals surface area contributed by atoms with Crippen molar-refractivity contribution in [2.75, 3.05) is 0 Å². The minimum absolute atomic E-state index is 0.0934. The van der Waals surface area contributed by atoms with Gasteiger partial charge in [0.25, 0.3) is 0 Å². The van der Waals surface area contributed by atoms with Crippen LogP contribution in [0.15, 0.2) is 22.7 Å². The molecule has 1 aromatic rings. The Balaban J connectivity index is 2.89. The lowest BCUT2D eigenvalue weighted by atomic mass is 10.0. The highest BCUT2D eigenvalue weighted by molar-refractivity contribution is 9.10. The normalized spacial score (nSPS) is 15.1. The summed E-state index contributed by atoms with van der Waals surface area (Å²) < 4.78 is 51.1. The van der Waals surface area contributed by atoms with Crippen LogP contribution in [0.3, 0.4) is 0 Å². The van der Waals surface area contributed by atoms with Crippen molar-refractivity contribution in [2.24, 2.45) is 0 Å². The van der Waals surface area contributed by atoms with Gasteiger partial charge in [-0.15, -0.1) is 0 Å². The molecule has 0 aliphatic heterocycles. The highest BCUT2D eigenvalue weighted by Crippen LogP contribution is 2.30. The Hall–Kier alpha value is -1.15. The molecule has 19 heavy (non-hydrogen) atoms. The van der Waals surface area contributed by atoms with Crippen molar-refractivity contribution in [1.82, 2.24) is 5.32 Å². The molecule has 0 aliphatic carbocycles. The van der Waals surface area contributed by atoms with Crippen LogP contribution in [0.1, 0.15) is 12.5 Å². The predicted octanol–water partition coefficient (Wildman–Crippen LogP) is 3.08. The molecule has 8 heteroatoms. The van der Waals surface area contributed by atoms with Crippen molar-refractivity contribution in [3.63, 3.8) is 0 Å². The van der Waals surface area contributed by atoms with Crippen LogP contribution in [0.25, 0.3) is 0 Å². The summed E-state index contributed by atoms with van der Waals surface area (Å²) in [6.45, 7) is 0.176. The van der Waals surface area contributed by atoms with E-state index in [0.717, 1.165) is 6.07 Å². The summed E-state index contributed by atoms with van der Waals surface area (Å²) in [5.74, 6) is -2.58. The Morgan fingerprint density at radius 3 is 2.42 bits per heavy atom. The van der Waals surface area contributed by atoms with Crippen LogP contribution in [0.5, 0.6) is 0 Å². The number of carbonyl (C=O) groups is 1. The maximum absolute atomic E-state index is 12.9. The molecule has 0 spiro atoms. The van der Waals surface area contributed by atoms with Gasteiger partial charge < -0.3 is 5.11 Å². The summed E-state index contributed by atoms with van der Waals surface area (Å²) in [6.07, 6.45) is -4.95. The number of rotatable bonds is 4. The molecule has 0 radical (unpaired) electrons. The first-order chi connectivity index (χ1) is 8.58. The first-order valence-corrected chi connectivity index (χ1v) is 5.86. The van der Waals surface area contributed by atoms with Crippen molar-refractivity contribution < 1.29 is 27.5 Å². The van der Waals surface area contributed by atoms with E-state index in [4.69, 9.17) is 5.11 Å². The van der Waals surface area contributed by atoms with E-state index >= 15 is 0 Å². The van der Waals surface area contributed by atoms with Gasteiger partial charge in [0, 0.05) is 6.54 Å². The van der Waals surface area contributed by atoms with Crippen LogP contribution < -0.4 is 5.32 Å². The van der Waals surface area contributed by atoms with Crippen LogP contribution in [-0.4, -0.2) is 22.8 Å². The average Bonchev–Trinajstić information content (AvgIpc) is 2.28. The van der Waals surface area contributed by atoms with E-state index in [1.54, 1.807) is 0 Å². The zero-order valence-electron chi connectivity index (χ0n) is 9.68. The number of carboxylic acid groups (broad SMARTS) is 1. The summed E-state index contributed by atoms with van der Waals surface area (Å²) in [5.41, 5.74) is -2.74. The molecule has 0 aliphatic rings. The standard InChI is InChI=1S/C11H10BrF4NO2/c1-10(9(18)19,11(14,15)16)17-5-6-2-3-8(13)7(12)4-6/h2-4,17H,5H2,1H3,(H,18,19). The van der Waals surface area contributed by atoms with Crippen molar-refractivity contribution in [3.05, 3.63) is 34.1 Å². The fourth-order valence-corrected chi connectivity index (χ4v) is 1.65. The molecule has 0 saturated carbocycles. The second-order valence-electron chi connectivity index (χ2n) is 4.03. The smallest absolute Gasteiger partial charge is 0.417 e. The molecule has 0 amide bonds. The van der Waals surface area contributed by atoms with Crippen molar-refractivity contribution in [3.8, 4) is 0 Å². The summed E-state index contributed by atoms with van der Waals surface area (Å²) in [4.78, 5) is 10.8. The molecular formula is C11H10BrF4NO2. The van der Waals surface area contributed by atoms with Crippen LogP contribution in [0, 0.1) is 5.82 Å². The van der Waals surface area contributed by atoms with Gasteiger partial charge in [-0.25, -0.2) is 9.18 Å². The van der Waals surface area contributed by atoms with Gasteiger partial charge in [-0.2, -0.15) is 13.2 Å². The molecule has 1 aromatic carbocycles. The molecule has 0 aromatic heterocycles. The largest absolute Gasteiger partial charge is 0.480 e. The summed E-state index contributed by atoms with van der Waals surface area (Å²) in [7, 11) is 0. The minimum Gasteiger partial charge on any atom is -0.480 e. The van der Waals surface area contributed by atoms with Gasteiger partial charge in [0.05, 0.1) is 4.47 Å². The number of hydrogen-bond acceptors (Lipinski definition) is 2. The van der Waals surface area contributed by atoms with E-state index < -0.39 is 23.5 Å². The minimum atomic E-state index is -4.95. The third-order valence-corrected chi connectivity index (χ3v) is 3.23. The number of aliphatic carboxylic acids is 1. The molecule has 0 fully saturated rings. The second-order valence-corrected chi connectivity index (χ2v) is 4.88. The van der Waals surface area contributed by atoms with Crippen molar-refractivity contribution >= 4 is 21.9 Å². The number of hydrogen-bond donors (Lipinski definition) is 2. The van der Waals surface area contributed by atoms with E-state index in [0.29, 0.717) is 12.5 Å². The molecule has 0 saturated heterocycles. The summed E-state index contributed by atoms with van der Waals surface area (Å²) in [5, 5.41) is 10.6. The lowest BCUT2D eigenvalue weighted by Crippen LogP contribution is -2.59. The topological polar surface area (TPSA) is 49.3 Å². The average molecular weight is 344 g/mol. The van der Waals surface area contributed by atoms with E-state index in [2.05, 4.69) is 15.9 Å². The Morgan fingerprint density at radius 1 is 1.42 bits per heavy atom. The van der Waals surface area contributed by atoms with E-state index in [-0.39, 0.29) is 11.0 Å². The molecule has 3 nitrogen and oxygen atoms in total. The van der Waals surface area contributed by atoms with Gasteiger partial charge in [-0.1, -0.05) is 6.07 Å². The summed E-state index contributed by atoms with van der Waals surface area (Å²) >= 11 is 2.89. The lowest BCUT2D eigenvalue weighted by molar-refractivity contribution is -0.206. The maximum Gasteiger partial charge on any atom is 0.417 e. The number of carboxylic acids is 1. The lowest BCUT2D eigenvalue weighted by Gasteiger charge is -2.28. The van der Waals surface area contributed by atoms with Gasteiger partial charge >= 0.3 is 12.1 Å². The molecule has 0 heterocycles. The van der Waals surface area contributed by atoms with Crippen molar-refractivity contribution in [2.45, 2.75) is 25.2 Å². The Bertz CT molecular complexity index is 492. The zero-order chi connectivity index (χ0) is 14.8. The van der Waals surface area contributed by atoms with Crippen molar-refractivity contribution in [1.29, 1.82) is 0 Å². The van der Waals surface area contributed by atoms with Gasteiger partial charge in [-0.3, -0.25) is 5.32 Å². The quantitative estimate of drug-likeness (QED) is 0.826. The Kier molecular flexibility index (Phi) is 4.57.